The standard InChI is InChI=1S/C21H18N8/c1-14-11-20(29-13-22-12-19(29)23-14)28(2)16-9-7-15(8-10-16)17-5-3-4-6-18(17)21-24-26-27-25-21/h3-13H,1-2H3,(H,24,25,26,27). The second-order valence-corrected chi connectivity index (χ2v) is 6.76. The number of hydrogen-bond donors (Lipinski definition) is 1. The molecule has 3 heterocycles. The molecule has 2 aromatic carbocycles. The lowest BCUT2D eigenvalue weighted by Crippen LogP contribution is -2.13. The van der Waals surface area contributed by atoms with E-state index in [-0.39, 0.29) is 0 Å². The molecule has 5 aromatic rings. The van der Waals surface area contributed by atoms with Crippen molar-refractivity contribution in [2.45, 2.75) is 6.92 Å². The van der Waals surface area contributed by atoms with Crippen molar-refractivity contribution in [2.75, 3.05) is 11.9 Å². The molecule has 0 unspecified atom stereocenters. The maximum atomic E-state index is 4.51. The molecule has 0 fully saturated rings. The fourth-order valence-electron chi connectivity index (χ4n) is 3.48. The van der Waals surface area contributed by atoms with Gasteiger partial charge in [0.1, 0.15) is 12.1 Å². The number of rotatable bonds is 4. The zero-order valence-electron chi connectivity index (χ0n) is 16.0. The summed E-state index contributed by atoms with van der Waals surface area (Å²) in [6.07, 6.45) is 3.55. The van der Waals surface area contributed by atoms with Crippen LogP contribution in [0.2, 0.25) is 0 Å². The first-order valence-electron chi connectivity index (χ1n) is 9.17. The topological polar surface area (TPSA) is 87.9 Å². The van der Waals surface area contributed by atoms with Gasteiger partial charge in [-0.15, -0.1) is 10.2 Å². The third-order valence-corrected chi connectivity index (χ3v) is 4.92. The van der Waals surface area contributed by atoms with Gasteiger partial charge < -0.3 is 4.90 Å². The highest BCUT2D eigenvalue weighted by Gasteiger charge is 2.13. The summed E-state index contributed by atoms with van der Waals surface area (Å²) in [5, 5.41) is 14.4. The van der Waals surface area contributed by atoms with Gasteiger partial charge in [0.2, 0.25) is 5.82 Å². The number of imidazole rings is 1. The van der Waals surface area contributed by atoms with Crippen molar-refractivity contribution in [3.63, 3.8) is 0 Å². The number of hydrogen-bond acceptors (Lipinski definition) is 6. The predicted octanol–water partition coefficient (Wildman–Crippen LogP) is 3.65. The van der Waals surface area contributed by atoms with Gasteiger partial charge in [0.05, 0.1) is 6.20 Å². The summed E-state index contributed by atoms with van der Waals surface area (Å²) in [4.78, 5) is 10.9. The lowest BCUT2D eigenvalue weighted by molar-refractivity contribution is 0.881. The van der Waals surface area contributed by atoms with Gasteiger partial charge in [0, 0.05) is 30.1 Å². The summed E-state index contributed by atoms with van der Waals surface area (Å²) in [6, 6.07) is 18.5. The highest BCUT2D eigenvalue weighted by Crippen LogP contribution is 2.32. The van der Waals surface area contributed by atoms with Crippen LogP contribution >= 0.6 is 0 Å². The largest absolute Gasteiger partial charge is 0.330 e. The van der Waals surface area contributed by atoms with Crippen LogP contribution in [-0.4, -0.2) is 42.0 Å². The van der Waals surface area contributed by atoms with E-state index >= 15 is 0 Å². The monoisotopic (exact) mass is 382 g/mol. The first-order chi connectivity index (χ1) is 14.2. The molecule has 29 heavy (non-hydrogen) atoms. The van der Waals surface area contributed by atoms with Crippen molar-refractivity contribution in [3.05, 3.63) is 72.8 Å². The molecule has 142 valence electrons. The quantitative estimate of drug-likeness (QED) is 0.510. The van der Waals surface area contributed by atoms with E-state index < -0.39 is 0 Å². The third kappa shape index (κ3) is 3.00. The van der Waals surface area contributed by atoms with E-state index in [1.807, 2.05) is 42.6 Å². The van der Waals surface area contributed by atoms with E-state index in [1.54, 1.807) is 12.5 Å². The summed E-state index contributed by atoms with van der Waals surface area (Å²) < 4.78 is 1.98. The molecule has 0 amide bonds. The Morgan fingerprint density at radius 1 is 1.00 bits per heavy atom. The molecule has 0 aliphatic carbocycles. The Morgan fingerprint density at radius 3 is 2.55 bits per heavy atom. The van der Waals surface area contributed by atoms with Crippen LogP contribution in [0.1, 0.15) is 5.69 Å². The maximum absolute atomic E-state index is 4.51. The van der Waals surface area contributed by atoms with E-state index in [0.29, 0.717) is 5.82 Å². The lowest BCUT2D eigenvalue weighted by Gasteiger charge is -2.21. The normalized spacial score (nSPS) is 11.1. The number of anilines is 2. The van der Waals surface area contributed by atoms with Crippen LogP contribution in [0.25, 0.3) is 28.2 Å². The average Bonchev–Trinajstić information content (AvgIpc) is 3.45. The van der Waals surface area contributed by atoms with Crippen molar-refractivity contribution < 1.29 is 0 Å². The smallest absolute Gasteiger partial charge is 0.205 e. The minimum atomic E-state index is 0.580. The Kier molecular flexibility index (Phi) is 4.02. The molecular formula is C21H18N8. The number of benzene rings is 2. The molecule has 5 rings (SSSR count). The van der Waals surface area contributed by atoms with Gasteiger partial charge in [-0.1, -0.05) is 36.4 Å². The van der Waals surface area contributed by atoms with Crippen molar-refractivity contribution in [1.29, 1.82) is 0 Å². The van der Waals surface area contributed by atoms with Crippen molar-refractivity contribution in [3.8, 4) is 22.5 Å². The van der Waals surface area contributed by atoms with Crippen molar-refractivity contribution >= 4 is 17.2 Å². The lowest BCUT2D eigenvalue weighted by atomic mass is 9.99. The second-order valence-electron chi connectivity index (χ2n) is 6.76. The van der Waals surface area contributed by atoms with Gasteiger partial charge in [0.25, 0.3) is 0 Å². The fourth-order valence-corrected chi connectivity index (χ4v) is 3.48. The van der Waals surface area contributed by atoms with Crippen LogP contribution in [0, 0.1) is 6.92 Å². The van der Waals surface area contributed by atoms with E-state index in [0.717, 1.165) is 39.5 Å². The molecule has 0 aliphatic heterocycles. The Bertz CT molecular complexity index is 1270. The SMILES string of the molecule is Cc1cc(N(C)c2ccc(-c3ccccc3-c3nn[nH]n3)cc2)n2cncc2n1. The molecule has 8 nitrogen and oxygen atoms in total. The number of nitrogens with one attached hydrogen (secondary N) is 1. The van der Waals surface area contributed by atoms with Gasteiger partial charge >= 0.3 is 0 Å². The summed E-state index contributed by atoms with van der Waals surface area (Å²) in [7, 11) is 2.04. The number of aromatic amines is 1. The minimum absolute atomic E-state index is 0.580. The first kappa shape index (κ1) is 17.1. The van der Waals surface area contributed by atoms with Crippen LogP contribution in [0.5, 0.6) is 0 Å². The highest BCUT2D eigenvalue weighted by molar-refractivity contribution is 5.81. The Morgan fingerprint density at radius 2 is 1.79 bits per heavy atom. The van der Waals surface area contributed by atoms with E-state index in [1.165, 1.54) is 0 Å². The van der Waals surface area contributed by atoms with Crippen LogP contribution in [0.3, 0.4) is 0 Å². The predicted molar refractivity (Wildman–Crippen MR) is 111 cm³/mol. The third-order valence-electron chi connectivity index (χ3n) is 4.92. The van der Waals surface area contributed by atoms with Gasteiger partial charge in [-0.05, 0) is 35.4 Å². The summed E-state index contributed by atoms with van der Waals surface area (Å²) >= 11 is 0. The van der Waals surface area contributed by atoms with Crippen molar-refractivity contribution in [2.24, 2.45) is 0 Å². The summed E-state index contributed by atoms with van der Waals surface area (Å²) in [5.41, 5.74) is 5.92. The minimum Gasteiger partial charge on any atom is -0.330 e. The molecule has 0 spiro atoms. The number of tetrazole rings is 1. The van der Waals surface area contributed by atoms with Gasteiger partial charge in [-0.25, -0.2) is 9.97 Å². The molecular weight excluding hydrogens is 364 g/mol. The van der Waals surface area contributed by atoms with Crippen LogP contribution in [0.4, 0.5) is 11.5 Å². The summed E-state index contributed by atoms with van der Waals surface area (Å²) in [5.74, 6) is 1.58. The van der Waals surface area contributed by atoms with Gasteiger partial charge in [0.15, 0.2) is 5.65 Å². The van der Waals surface area contributed by atoms with Crippen molar-refractivity contribution in [1.82, 2.24) is 35.0 Å². The molecule has 0 saturated heterocycles. The van der Waals surface area contributed by atoms with Crippen LogP contribution in [0.15, 0.2) is 67.1 Å². The molecule has 8 heteroatoms. The number of fused-ring (bicyclic) bond motifs is 1. The van der Waals surface area contributed by atoms with Crippen LogP contribution < -0.4 is 4.90 Å². The highest BCUT2D eigenvalue weighted by atomic mass is 15.5. The molecule has 0 atom stereocenters. The molecule has 0 radical (unpaired) electrons. The van der Waals surface area contributed by atoms with Gasteiger partial charge in [-0.2, -0.15) is 5.21 Å². The Labute approximate surface area is 166 Å². The second kappa shape index (κ2) is 6.83. The Hall–Kier alpha value is -4.07. The molecule has 1 N–H and O–H groups in total. The first-order valence-corrected chi connectivity index (χ1v) is 9.17. The Balaban J connectivity index is 1.52. The number of aryl methyl sites for hydroxylation is 1. The van der Waals surface area contributed by atoms with E-state index in [4.69, 9.17) is 0 Å². The zero-order valence-corrected chi connectivity index (χ0v) is 16.0. The molecule has 0 aliphatic rings. The number of nitrogens with zero attached hydrogens (tertiary/aromatic N) is 7. The molecule has 0 saturated carbocycles. The van der Waals surface area contributed by atoms with Gasteiger partial charge in [-0.3, -0.25) is 4.40 Å². The number of aromatic nitrogens is 7. The molecule has 0 bridgehead atoms. The maximum Gasteiger partial charge on any atom is 0.205 e. The zero-order chi connectivity index (χ0) is 19.8. The summed E-state index contributed by atoms with van der Waals surface area (Å²) in [6.45, 7) is 1.99. The number of H-pyrrole nitrogens is 1. The van der Waals surface area contributed by atoms with E-state index in [2.05, 4.69) is 65.8 Å². The average molecular weight is 382 g/mol. The molecule has 3 aromatic heterocycles. The van der Waals surface area contributed by atoms with Crippen LogP contribution in [-0.2, 0) is 0 Å². The van der Waals surface area contributed by atoms with E-state index in [9.17, 15) is 0 Å². The fraction of sp³-hybridized carbons (Fsp3) is 0.0952.